The molecule has 0 spiro atoms. The van der Waals surface area contributed by atoms with Crippen molar-refractivity contribution in [2.24, 2.45) is 5.92 Å². The first-order valence-electron chi connectivity index (χ1n) is 6.57. The van der Waals surface area contributed by atoms with Crippen LogP contribution in [0.15, 0.2) is 10.6 Å². The molecular formula is C13H21N3O3. The molecule has 0 aromatic carbocycles. The number of nitrogens with zero attached hydrogens (tertiary/aromatic N) is 1. The fourth-order valence-corrected chi connectivity index (χ4v) is 1.73. The molecule has 1 rings (SSSR count). The number of amides is 2. The third-order valence-corrected chi connectivity index (χ3v) is 2.93. The van der Waals surface area contributed by atoms with Crippen molar-refractivity contribution < 1.29 is 14.1 Å². The summed E-state index contributed by atoms with van der Waals surface area (Å²) < 4.78 is 4.81. The molecule has 0 atom stereocenters. The molecule has 0 unspecified atom stereocenters. The van der Waals surface area contributed by atoms with Gasteiger partial charge in [0.15, 0.2) is 5.69 Å². The van der Waals surface area contributed by atoms with Gasteiger partial charge in [0.1, 0.15) is 5.76 Å². The molecule has 0 aliphatic rings. The van der Waals surface area contributed by atoms with E-state index in [0.717, 1.165) is 12.8 Å². The summed E-state index contributed by atoms with van der Waals surface area (Å²) in [6, 6.07) is 1.57. The molecule has 2 N–H and O–H groups in total. The molecule has 0 fully saturated rings. The SMILES string of the molecule is CCC(CC)C(=O)NCCNC(=O)c1cc(C)on1. The number of carbonyl (C=O) groups excluding carboxylic acids is 2. The van der Waals surface area contributed by atoms with Gasteiger partial charge in [-0.2, -0.15) is 0 Å². The van der Waals surface area contributed by atoms with Crippen LogP contribution in [0, 0.1) is 12.8 Å². The quantitative estimate of drug-likeness (QED) is 0.728. The number of hydrogen-bond donors (Lipinski definition) is 2. The van der Waals surface area contributed by atoms with Gasteiger partial charge in [0, 0.05) is 25.1 Å². The number of rotatable bonds is 7. The standard InChI is InChI=1S/C13H21N3O3/c1-4-10(5-2)12(17)14-6-7-15-13(18)11-8-9(3)19-16-11/h8,10H,4-7H2,1-3H3,(H,14,17)(H,15,18). The molecule has 0 saturated heterocycles. The predicted octanol–water partition coefficient (Wildman–Crippen LogP) is 1.27. The molecular weight excluding hydrogens is 246 g/mol. The lowest BCUT2D eigenvalue weighted by atomic mass is 10.0. The third kappa shape index (κ3) is 4.73. The van der Waals surface area contributed by atoms with E-state index in [4.69, 9.17) is 4.52 Å². The number of aromatic nitrogens is 1. The van der Waals surface area contributed by atoms with Crippen LogP contribution >= 0.6 is 0 Å². The van der Waals surface area contributed by atoms with Gasteiger partial charge < -0.3 is 15.2 Å². The number of nitrogens with one attached hydrogen (secondary N) is 2. The summed E-state index contributed by atoms with van der Waals surface area (Å²) in [4.78, 5) is 23.3. The zero-order valence-corrected chi connectivity index (χ0v) is 11.7. The summed E-state index contributed by atoms with van der Waals surface area (Å²) in [7, 11) is 0. The minimum atomic E-state index is -0.298. The van der Waals surface area contributed by atoms with Gasteiger partial charge in [-0.15, -0.1) is 0 Å². The van der Waals surface area contributed by atoms with Crippen LogP contribution in [0.2, 0.25) is 0 Å². The van der Waals surface area contributed by atoms with E-state index >= 15 is 0 Å². The van der Waals surface area contributed by atoms with E-state index in [0.29, 0.717) is 18.8 Å². The Balaban J connectivity index is 2.24. The first-order valence-corrected chi connectivity index (χ1v) is 6.57. The van der Waals surface area contributed by atoms with Gasteiger partial charge in [-0.25, -0.2) is 0 Å². The summed E-state index contributed by atoms with van der Waals surface area (Å²) in [5, 5.41) is 9.08. The molecule has 6 heteroatoms. The Kier molecular flexibility index (Phi) is 6.05. The Morgan fingerprint density at radius 1 is 1.26 bits per heavy atom. The maximum Gasteiger partial charge on any atom is 0.273 e. The predicted molar refractivity (Wildman–Crippen MR) is 70.7 cm³/mol. The van der Waals surface area contributed by atoms with E-state index in [1.165, 1.54) is 0 Å². The average Bonchev–Trinajstić information content (AvgIpc) is 2.82. The number of carbonyl (C=O) groups is 2. The fraction of sp³-hybridized carbons (Fsp3) is 0.615. The van der Waals surface area contributed by atoms with Gasteiger partial charge in [-0.05, 0) is 19.8 Å². The molecule has 6 nitrogen and oxygen atoms in total. The van der Waals surface area contributed by atoms with Crippen molar-refractivity contribution in [3.63, 3.8) is 0 Å². The highest BCUT2D eigenvalue weighted by molar-refractivity contribution is 5.92. The van der Waals surface area contributed by atoms with Crippen LogP contribution in [0.3, 0.4) is 0 Å². The van der Waals surface area contributed by atoms with Crippen molar-refractivity contribution in [2.45, 2.75) is 33.6 Å². The smallest absolute Gasteiger partial charge is 0.273 e. The second-order valence-corrected chi connectivity index (χ2v) is 4.38. The number of hydrogen-bond acceptors (Lipinski definition) is 4. The summed E-state index contributed by atoms with van der Waals surface area (Å²) in [6.07, 6.45) is 1.65. The number of aryl methyl sites for hydroxylation is 1. The Hall–Kier alpha value is -1.85. The van der Waals surface area contributed by atoms with E-state index in [1.807, 2.05) is 13.8 Å². The van der Waals surface area contributed by atoms with Gasteiger partial charge >= 0.3 is 0 Å². The Morgan fingerprint density at radius 2 is 1.89 bits per heavy atom. The van der Waals surface area contributed by atoms with Crippen molar-refractivity contribution in [1.82, 2.24) is 15.8 Å². The minimum absolute atomic E-state index is 0.0385. The van der Waals surface area contributed by atoms with Crippen LogP contribution in [0.5, 0.6) is 0 Å². The molecule has 2 amide bonds. The highest BCUT2D eigenvalue weighted by Gasteiger charge is 2.13. The summed E-state index contributed by atoms with van der Waals surface area (Å²) in [5.74, 6) is 0.381. The lowest BCUT2D eigenvalue weighted by Crippen LogP contribution is -2.37. The van der Waals surface area contributed by atoms with E-state index < -0.39 is 0 Å². The summed E-state index contributed by atoms with van der Waals surface area (Å²) in [5.41, 5.74) is 0.254. The second-order valence-electron chi connectivity index (χ2n) is 4.38. The molecule has 0 radical (unpaired) electrons. The topological polar surface area (TPSA) is 84.2 Å². The van der Waals surface area contributed by atoms with Crippen LogP contribution < -0.4 is 10.6 Å². The van der Waals surface area contributed by atoms with Gasteiger partial charge in [-0.1, -0.05) is 19.0 Å². The van der Waals surface area contributed by atoms with E-state index in [1.54, 1.807) is 13.0 Å². The van der Waals surface area contributed by atoms with E-state index in [-0.39, 0.29) is 23.4 Å². The van der Waals surface area contributed by atoms with Crippen molar-refractivity contribution in [3.05, 3.63) is 17.5 Å². The molecule has 1 heterocycles. The van der Waals surface area contributed by atoms with Crippen LogP contribution in [-0.4, -0.2) is 30.1 Å². The van der Waals surface area contributed by atoms with E-state index in [9.17, 15) is 9.59 Å². The zero-order chi connectivity index (χ0) is 14.3. The average molecular weight is 267 g/mol. The lowest BCUT2D eigenvalue weighted by molar-refractivity contribution is -0.125. The van der Waals surface area contributed by atoms with Crippen molar-refractivity contribution in [1.29, 1.82) is 0 Å². The molecule has 1 aromatic rings. The molecule has 19 heavy (non-hydrogen) atoms. The lowest BCUT2D eigenvalue weighted by Gasteiger charge is -2.12. The highest BCUT2D eigenvalue weighted by atomic mass is 16.5. The fourth-order valence-electron chi connectivity index (χ4n) is 1.73. The highest BCUT2D eigenvalue weighted by Crippen LogP contribution is 2.06. The normalized spacial score (nSPS) is 10.5. The minimum Gasteiger partial charge on any atom is -0.361 e. The van der Waals surface area contributed by atoms with Gasteiger partial charge in [0.25, 0.3) is 5.91 Å². The second kappa shape index (κ2) is 7.56. The Labute approximate surface area is 112 Å². The molecule has 0 bridgehead atoms. The first-order chi connectivity index (χ1) is 9.08. The summed E-state index contributed by atoms with van der Waals surface area (Å²) in [6.45, 7) is 6.49. The maximum atomic E-state index is 11.7. The third-order valence-electron chi connectivity index (χ3n) is 2.93. The van der Waals surface area contributed by atoms with Crippen molar-refractivity contribution >= 4 is 11.8 Å². The molecule has 0 aliphatic heterocycles. The van der Waals surface area contributed by atoms with Crippen molar-refractivity contribution in [2.75, 3.05) is 13.1 Å². The molecule has 0 saturated carbocycles. The molecule has 1 aromatic heterocycles. The largest absolute Gasteiger partial charge is 0.361 e. The van der Waals surface area contributed by atoms with Gasteiger partial charge in [-0.3, -0.25) is 9.59 Å². The van der Waals surface area contributed by atoms with Crippen LogP contribution in [0.4, 0.5) is 0 Å². The van der Waals surface area contributed by atoms with Crippen LogP contribution in [-0.2, 0) is 4.79 Å². The Bertz CT molecular complexity index is 425. The van der Waals surface area contributed by atoms with Crippen LogP contribution in [0.1, 0.15) is 42.9 Å². The monoisotopic (exact) mass is 267 g/mol. The summed E-state index contributed by atoms with van der Waals surface area (Å²) >= 11 is 0. The van der Waals surface area contributed by atoms with E-state index in [2.05, 4.69) is 15.8 Å². The van der Waals surface area contributed by atoms with Gasteiger partial charge in [0.2, 0.25) is 5.91 Å². The zero-order valence-electron chi connectivity index (χ0n) is 11.7. The van der Waals surface area contributed by atoms with Crippen molar-refractivity contribution in [3.8, 4) is 0 Å². The first kappa shape index (κ1) is 15.2. The molecule has 0 aliphatic carbocycles. The maximum absolute atomic E-state index is 11.7. The Morgan fingerprint density at radius 3 is 2.42 bits per heavy atom. The molecule has 106 valence electrons. The van der Waals surface area contributed by atoms with Gasteiger partial charge in [0.05, 0.1) is 0 Å². The van der Waals surface area contributed by atoms with Crippen LogP contribution in [0.25, 0.3) is 0 Å².